The highest BCUT2D eigenvalue weighted by Gasteiger charge is 1.90. The summed E-state index contributed by atoms with van der Waals surface area (Å²) in [4.78, 5) is 0. The van der Waals surface area contributed by atoms with Gasteiger partial charge in [0.25, 0.3) is 0 Å². The van der Waals surface area contributed by atoms with E-state index in [-0.39, 0.29) is 0 Å². The lowest BCUT2D eigenvalue weighted by molar-refractivity contribution is 0.0695. The third kappa shape index (κ3) is 13.9. The zero-order valence-electron chi connectivity index (χ0n) is 10.4. The number of hydrogen-bond acceptors (Lipinski definition) is 3. The van der Waals surface area contributed by atoms with E-state index in [1.807, 2.05) is 0 Å². The average Bonchev–Trinajstić information content (AvgIpc) is 2.26. The number of unbranched alkanes of at least 4 members (excludes halogenated alkanes) is 3. The molecule has 15 heavy (non-hydrogen) atoms. The fraction of sp³-hybridized carbons (Fsp3) is 1.00. The van der Waals surface area contributed by atoms with E-state index in [4.69, 9.17) is 9.47 Å². The van der Waals surface area contributed by atoms with Crippen LogP contribution in [0.4, 0.5) is 0 Å². The van der Waals surface area contributed by atoms with Gasteiger partial charge in [-0.05, 0) is 25.9 Å². The summed E-state index contributed by atoms with van der Waals surface area (Å²) in [6.45, 7) is 6.71. The van der Waals surface area contributed by atoms with Crippen LogP contribution in [0.2, 0.25) is 0 Å². The first-order valence-corrected chi connectivity index (χ1v) is 6.19. The molecule has 0 bridgehead atoms. The maximum atomic E-state index is 5.35. The first-order valence-electron chi connectivity index (χ1n) is 6.19. The summed E-state index contributed by atoms with van der Waals surface area (Å²) < 4.78 is 10.2. The highest BCUT2D eigenvalue weighted by molar-refractivity contribution is 4.48. The van der Waals surface area contributed by atoms with Crippen molar-refractivity contribution < 1.29 is 9.47 Å². The SMILES string of the molecule is CCCCCCNCCCOCCOC. The van der Waals surface area contributed by atoms with Gasteiger partial charge < -0.3 is 14.8 Å². The molecule has 3 nitrogen and oxygen atoms in total. The van der Waals surface area contributed by atoms with Crippen molar-refractivity contribution in [2.24, 2.45) is 0 Å². The smallest absolute Gasteiger partial charge is 0.0700 e. The van der Waals surface area contributed by atoms with E-state index in [0.717, 1.165) is 26.1 Å². The molecule has 3 heteroatoms. The lowest BCUT2D eigenvalue weighted by Gasteiger charge is -2.05. The summed E-state index contributed by atoms with van der Waals surface area (Å²) in [6, 6.07) is 0. The van der Waals surface area contributed by atoms with Crippen molar-refractivity contribution in [1.29, 1.82) is 0 Å². The van der Waals surface area contributed by atoms with Gasteiger partial charge in [0.15, 0.2) is 0 Å². The molecule has 0 saturated heterocycles. The van der Waals surface area contributed by atoms with E-state index in [0.29, 0.717) is 13.2 Å². The molecule has 0 aromatic heterocycles. The normalized spacial score (nSPS) is 10.8. The second-order valence-electron chi connectivity index (χ2n) is 3.77. The van der Waals surface area contributed by atoms with Crippen molar-refractivity contribution in [3.8, 4) is 0 Å². The molecule has 0 aliphatic heterocycles. The molecule has 0 heterocycles. The molecule has 0 saturated carbocycles. The fourth-order valence-corrected chi connectivity index (χ4v) is 1.35. The van der Waals surface area contributed by atoms with Crippen LogP contribution in [0.5, 0.6) is 0 Å². The minimum atomic E-state index is 0.699. The van der Waals surface area contributed by atoms with Crippen molar-refractivity contribution in [3.05, 3.63) is 0 Å². The van der Waals surface area contributed by atoms with Crippen LogP contribution in [-0.4, -0.2) is 40.0 Å². The Kier molecular flexibility index (Phi) is 13.8. The summed E-state index contributed by atoms with van der Waals surface area (Å²) in [5, 5.41) is 3.42. The first kappa shape index (κ1) is 14.9. The van der Waals surface area contributed by atoms with Gasteiger partial charge in [-0.2, -0.15) is 0 Å². The first-order chi connectivity index (χ1) is 7.41. The van der Waals surface area contributed by atoms with Gasteiger partial charge in [0.05, 0.1) is 13.2 Å². The summed E-state index contributed by atoms with van der Waals surface area (Å²) in [5.41, 5.74) is 0. The average molecular weight is 217 g/mol. The minimum Gasteiger partial charge on any atom is -0.382 e. The van der Waals surface area contributed by atoms with Crippen LogP contribution in [0, 0.1) is 0 Å². The van der Waals surface area contributed by atoms with E-state index >= 15 is 0 Å². The van der Waals surface area contributed by atoms with E-state index in [1.165, 1.54) is 25.7 Å². The highest BCUT2D eigenvalue weighted by Crippen LogP contribution is 1.96. The summed E-state index contributed by atoms with van der Waals surface area (Å²) in [5.74, 6) is 0. The molecule has 0 fully saturated rings. The van der Waals surface area contributed by atoms with Crippen LogP contribution in [0.25, 0.3) is 0 Å². The number of nitrogens with one attached hydrogen (secondary N) is 1. The van der Waals surface area contributed by atoms with E-state index in [9.17, 15) is 0 Å². The topological polar surface area (TPSA) is 30.5 Å². The van der Waals surface area contributed by atoms with E-state index in [1.54, 1.807) is 7.11 Å². The predicted octanol–water partition coefficient (Wildman–Crippen LogP) is 2.21. The molecule has 92 valence electrons. The van der Waals surface area contributed by atoms with Gasteiger partial charge in [-0.1, -0.05) is 26.2 Å². The second kappa shape index (κ2) is 13.9. The van der Waals surface area contributed by atoms with Crippen molar-refractivity contribution in [3.63, 3.8) is 0 Å². The molecular formula is C12H27NO2. The zero-order valence-corrected chi connectivity index (χ0v) is 10.4. The Morgan fingerprint density at radius 2 is 1.67 bits per heavy atom. The van der Waals surface area contributed by atoms with Gasteiger partial charge in [0, 0.05) is 13.7 Å². The Hall–Kier alpha value is -0.120. The molecule has 0 amide bonds. The Bertz CT molecular complexity index is 97.8. The molecule has 0 aliphatic rings. The third-order valence-electron chi connectivity index (χ3n) is 2.28. The van der Waals surface area contributed by atoms with Gasteiger partial charge in [-0.3, -0.25) is 0 Å². The maximum Gasteiger partial charge on any atom is 0.0700 e. The second-order valence-corrected chi connectivity index (χ2v) is 3.77. The monoisotopic (exact) mass is 217 g/mol. The highest BCUT2D eigenvalue weighted by atomic mass is 16.5. The molecule has 0 aromatic rings. The molecule has 0 rings (SSSR count). The fourth-order valence-electron chi connectivity index (χ4n) is 1.35. The van der Waals surface area contributed by atoms with Crippen molar-refractivity contribution in [2.75, 3.05) is 40.0 Å². The Balaban J connectivity index is 2.81. The quantitative estimate of drug-likeness (QED) is 0.508. The molecule has 0 aromatic carbocycles. The largest absolute Gasteiger partial charge is 0.382 e. The summed E-state index contributed by atoms with van der Waals surface area (Å²) >= 11 is 0. The lowest BCUT2D eigenvalue weighted by Crippen LogP contribution is -2.18. The molecule has 0 unspecified atom stereocenters. The third-order valence-corrected chi connectivity index (χ3v) is 2.28. The van der Waals surface area contributed by atoms with E-state index < -0.39 is 0 Å². The van der Waals surface area contributed by atoms with Gasteiger partial charge in [-0.15, -0.1) is 0 Å². The minimum absolute atomic E-state index is 0.699. The Labute approximate surface area is 94.5 Å². The maximum absolute atomic E-state index is 5.35. The van der Waals surface area contributed by atoms with Gasteiger partial charge in [-0.25, -0.2) is 0 Å². The van der Waals surface area contributed by atoms with Crippen LogP contribution in [0.15, 0.2) is 0 Å². The Morgan fingerprint density at radius 1 is 0.867 bits per heavy atom. The standard InChI is InChI=1S/C12H27NO2/c1-3-4-5-6-8-13-9-7-10-15-12-11-14-2/h13H,3-12H2,1-2H3. The van der Waals surface area contributed by atoms with Crippen LogP contribution >= 0.6 is 0 Å². The molecule has 0 atom stereocenters. The van der Waals surface area contributed by atoms with Crippen LogP contribution in [0.3, 0.4) is 0 Å². The van der Waals surface area contributed by atoms with Crippen LogP contribution < -0.4 is 5.32 Å². The number of methoxy groups -OCH3 is 1. The molecule has 0 radical (unpaired) electrons. The zero-order chi connectivity index (χ0) is 11.2. The molecule has 0 aliphatic carbocycles. The predicted molar refractivity (Wildman–Crippen MR) is 64.3 cm³/mol. The Morgan fingerprint density at radius 3 is 2.40 bits per heavy atom. The van der Waals surface area contributed by atoms with Gasteiger partial charge in [0.1, 0.15) is 0 Å². The van der Waals surface area contributed by atoms with Crippen molar-refractivity contribution in [2.45, 2.75) is 39.0 Å². The number of ether oxygens (including phenoxy) is 2. The molecule has 0 spiro atoms. The van der Waals surface area contributed by atoms with Crippen molar-refractivity contribution in [1.82, 2.24) is 5.32 Å². The molecule has 1 N–H and O–H groups in total. The van der Waals surface area contributed by atoms with Gasteiger partial charge >= 0.3 is 0 Å². The summed E-state index contributed by atoms with van der Waals surface area (Å²) in [6.07, 6.45) is 6.43. The summed E-state index contributed by atoms with van der Waals surface area (Å²) in [7, 11) is 1.70. The van der Waals surface area contributed by atoms with E-state index in [2.05, 4.69) is 12.2 Å². The lowest BCUT2D eigenvalue weighted by atomic mass is 10.2. The van der Waals surface area contributed by atoms with Crippen molar-refractivity contribution >= 4 is 0 Å². The van der Waals surface area contributed by atoms with Gasteiger partial charge in [0.2, 0.25) is 0 Å². The number of hydrogen-bond donors (Lipinski definition) is 1. The van der Waals surface area contributed by atoms with Crippen LogP contribution in [-0.2, 0) is 9.47 Å². The number of rotatable bonds is 12. The molecular weight excluding hydrogens is 190 g/mol. The van der Waals surface area contributed by atoms with Crippen LogP contribution in [0.1, 0.15) is 39.0 Å².